The summed E-state index contributed by atoms with van der Waals surface area (Å²) in [6.45, 7) is 1.58. The summed E-state index contributed by atoms with van der Waals surface area (Å²) < 4.78 is 5.63. The van der Waals surface area contributed by atoms with Crippen LogP contribution in [0, 0.1) is 17.0 Å². The Morgan fingerprint density at radius 1 is 1.30 bits per heavy atom. The van der Waals surface area contributed by atoms with Crippen molar-refractivity contribution in [2.75, 3.05) is 6.61 Å². The quantitative estimate of drug-likeness (QED) is 0.669. The summed E-state index contributed by atoms with van der Waals surface area (Å²) in [5, 5.41) is 19.7. The summed E-state index contributed by atoms with van der Waals surface area (Å²) in [7, 11) is 0. The third kappa shape index (κ3) is 3.10. The topological polar surface area (TPSA) is 85.5 Å². The van der Waals surface area contributed by atoms with E-state index < -0.39 is 4.92 Å². The van der Waals surface area contributed by atoms with E-state index in [4.69, 9.17) is 9.84 Å². The predicted molar refractivity (Wildman–Crippen MR) is 72.9 cm³/mol. The zero-order valence-corrected chi connectivity index (χ0v) is 10.9. The highest BCUT2D eigenvalue weighted by Gasteiger charge is 2.13. The summed E-state index contributed by atoms with van der Waals surface area (Å²) in [6.07, 6.45) is 0.474. The molecule has 2 aromatic rings. The van der Waals surface area contributed by atoms with Crippen LogP contribution in [0.15, 0.2) is 36.4 Å². The number of aromatic nitrogens is 1. The first-order valence-electron chi connectivity index (χ1n) is 6.10. The van der Waals surface area contributed by atoms with Crippen molar-refractivity contribution in [3.63, 3.8) is 0 Å². The fourth-order valence-electron chi connectivity index (χ4n) is 1.82. The predicted octanol–water partition coefficient (Wildman–Crippen LogP) is 2.63. The Hall–Kier alpha value is -2.47. The van der Waals surface area contributed by atoms with Crippen molar-refractivity contribution in [1.82, 2.24) is 4.98 Å². The molecule has 1 N–H and O–H groups in total. The second-order valence-electron chi connectivity index (χ2n) is 4.19. The van der Waals surface area contributed by atoms with Gasteiger partial charge in [-0.3, -0.25) is 10.1 Å². The summed E-state index contributed by atoms with van der Waals surface area (Å²) in [5.41, 5.74) is 1.11. The highest BCUT2D eigenvalue weighted by molar-refractivity contribution is 5.40. The normalized spacial score (nSPS) is 10.3. The molecular formula is C14H14N2O4. The van der Waals surface area contributed by atoms with Gasteiger partial charge in [-0.05, 0) is 25.0 Å². The summed E-state index contributed by atoms with van der Waals surface area (Å²) in [4.78, 5) is 14.3. The maximum Gasteiger partial charge on any atom is 0.290 e. The first-order valence-corrected chi connectivity index (χ1v) is 6.10. The molecule has 0 bridgehead atoms. The lowest BCUT2D eigenvalue weighted by molar-refractivity contribution is -0.385. The lowest BCUT2D eigenvalue weighted by atomic mass is 10.1. The fourth-order valence-corrected chi connectivity index (χ4v) is 1.82. The SMILES string of the molecule is Cc1nc(Oc2ccccc2CCO)ccc1[N+](=O)[O-]. The Bertz CT molecular complexity index is 628. The first kappa shape index (κ1) is 14.0. The number of para-hydroxylation sites is 1. The minimum Gasteiger partial charge on any atom is -0.439 e. The number of pyridine rings is 1. The standard InChI is InChI=1S/C14H14N2O4/c1-10-12(16(18)19)6-7-14(15-10)20-13-5-3-2-4-11(13)8-9-17/h2-7,17H,8-9H2,1H3. The Balaban J connectivity index is 2.26. The molecule has 0 aliphatic carbocycles. The van der Waals surface area contributed by atoms with Crippen molar-refractivity contribution >= 4 is 5.69 Å². The molecular weight excluding hydrogens is 260 g/mol. The van der Waals surface area contributed by atoms with Gasteiger partial charge in [-0.25, -0.2) is 4.98 Å². The van der Waals surface area contributed by atoms with Gasteiger partial charge in [0.1, 0.15) is 11.4 Å². The van der Waals surface area contributed by atoms with Crippen LogP contribution in [-0.4, -0.2) is 21.6 Å². The van der Waals surface area contributed by atoms with Gasteiger partial charge in [0.2, 0.25) is 5.88 Å². The molecule has 0 fully saturated rings. The number of hydrogen-bond acceptors (Lipinski definition) is 5. The number of benzene rings is 1. The van der Waals surface area contributed by atoms with Gasteiger partial charge in [0.25, 0.3) is 5.69 Å². The van der Waals surface area contributed by atoms with Gasteiger partial charge in [0, 0.05) is 18.7 Å². The molecule has 104 valence electrons. The Kier molecular flexibility index (Phi) is 4.27. The average molecular weight is 274 g/mol. The third-order valence-electron chi connectivity index (χ3n) is 2.80. The van der Waals surface area contributed by atoms with Gasteiger partial charge in [-0.2, -0.15) is 0 Å². The van der Waals surface area contributed by atoms with E-state index in [1.807, 2.05) is 18.2 Å². The van der Waals surface area contributed by atoms with Gasteiger partial charge < -0.3 is 9.84 Å². The van der Waals surface area contributed by atoms with Crippen molar-refractivity contribution in [3.8, 4) is 11.6 Å². The Labute approximate surface area is 115 Å². The molecule has 0 unspecified atom stereocenters. The highest BCUT2D eigenvalue weighted by Crippen LogP contribution is 2.26. The van der Waals surface area contributed by atoms with Crippen LogP contribution in [0.4, 0.5) is 5.69 Å². The number of hydrogen-bond donors (Lipinski definition) is 1. The fraction of sp³-hybridized carbons (Fsp3) is 0.214. The zero-order chi connectivity index (χ0) is 14.5. The molecule has 1 heterocycles. The average Bonchev–Trinajstić information content (AvgIpc) is 2.41. The Morgan fingerprint density at radius 3 is 2.70 bits per heavy atom. The highest BCUT2D eigenvalue weighted by atomic mass is 16.6. The van der Waals surface area contributed by atoms with E-state index in [1.54, 1.807) is 13.0 Å². The van der Waals surface area contributed by atoms with E-state index in [1.165, 1.54) is 12.1 Å². The molecule has 0 saturated carbocycles. The van der Waals surface area contributed by atoms with Crippen LogP contribution in [0.25, 0.3) is 0 Å². The van der Waals surface area contributed by atoms with Crippen LogP contribution in [-0.2, 0) is 6.42 Å². The summed E-state index contributed by atoms with van der Waals surface area (Å²) in [6, 6.07) is 10.1. The molecule has 20 heavy (non-hydrogen) atoms. The molecule has 6 nitrogen and oxygen atoms in total. The van der Waals surface area contributed by atoms with E-state index in [0.29, 0.717) is 23.7 Å². The van der Waals surface area contributed by atoms with Crippen molar-refractivity contribution in [2.45, 2.75) is 13.3 Å². The van der Waals surface area contributed by atoms with E-state index >= 15 is 0 Å². The van der Waals surface area contributed by atoms with Crippen molar-refractivity contribution in [1.29, 1.82) is 0 Å². The molecule has 2 rings (SSSR count). The van der Waals surface area contributed by atoms with E-state index in [9.17, 15) is 10.1 Å². The second kappa shape index (κ2) is 6.12. The van der Waals surface area contributed by atoms with Crippen molar-refractivity contribution in [3.05, 3.63) is 57.8 Å². The Morgan fingerprint density at radius 2 is 2.05 bits per heavy atom. The number of aliphatic hydroxyl groups is 1. The van der Waals surface area contributed by atoms with Crippen LogP contribution in [0.3, 0.4) is 0 Å². The van der Waals surface area contributed by atoms with Crippen LogP contribution >= 0.6 is 0 Å². The molecule has 6 heteroatoms. The number of nitrogens with zero attached hydrogens (tertiary/aromatic N) is 2. The second-order valence-corrected chi connectivity index (χ2v) is 4.19. The summed E-state index contributed by atoms with van der Waals surface area (Å²) >= 11 is 0. The minimum atomic E-state index is -0.480. The van der Waals surface area contributed by atoms with Gasteiger partial charge in [0.15, 0.2) is 0 Å². The van der Waals surface area contributed by atoms with E-state index in [2.05, 4.69) is 4.98 Å². The van der Waals surface area contributed by atoms with E-state index in [0.717, 1.165) is 5.56 Å². The zero-order valence-electron chi connectivity index (χ0n) is 10.9. The first-order chi connectivity index (χ1) is 9.61. The van der Waals surface area contributed by atoms with Crippen molar-refractivity contribution in [2.24, 2.45) is 0 Å². The minimum absolute atomic E-state index is 0.0209. The molecule has 1 aromatic carbocycles. The number of rotatable bonds is 5. The van der Waals surface area contributed by atoms with Crippen LogP contribution in [0.1, 0.15) is 11.3 Å². The molecule has 0 radical (unpaired) electrons. The number of nitro groups is 1. The molecule has 0 saturated heterocycles. The smallest absolute Gasteiger partial charge is 0.290 e. The van der Waals surface area contributed by atoms with Crippen LogP contribution < -0.4 is 4.74 Å². The summed E-state index contributed by atoms with van der Waals surface area (Å²) in [5.74, 6) is 0.876. The molecule has 0 amide bonds. The molecule has 0 spiro atoms. The monoisotopic (exact) mass is 274 g/mol. The maximum atomic E-state index is 10.7. The van der Waals surface area contributed by atoms with Crippen LogP contribution in [0.5, 0.6) is 11.6 Å². The van der Waals surface area contributed by atoms with Gasteiger partial charge in [0.05, 0.1) is 4.92 Å². The lowest BCUT2D eigenvalue weighted by Crippen LogP contribution is -1.98. The molecule has 0 aliphatic rings. The van der Waals surface area contributed by atoms with Gasteiger partial charge in [-0.15, -0.1) is 0 Å². The number of aliphatic hydroxyl groups excluding tert-OH is 1. The molecule has 0 aliphatic heterocycles. The van der Waals surface area contributed by atoms with E-state index in [-0.39, 0.29) is 12.3 Å². The largest absolute Gasteiger partial charge is 0.439 e. The maximum absolute atomic E-state index is 10.7. The van der Waals surface area contributed by atoms with Gasteiger partial charge in [-0.1, -0.05) is 18.2 Å². The number of ether oxygens (including phenoxy) is 1. The third-order valence-corrected chi connectivity index (χ3v) is 2.80. The molecule has 0 atom stereocenters. The van der Waals surface area contributed by atoms with Gasteiger partial charge >= 0.3 is 0 Å². The lowest BCUT2D eigenvalue weighted by Gasteiger charge is -2.09. The van der Waals surface area contributed by atoms with Crippen molar-refractivity contribution < 1.29 is 14.8 Å². The van der Waals surface area contributed by atoms with Crippen LogP contribution in [0.2, 0.25) is 0 Å². The number of aryl methyl sites for hydroxylation is 1. The molecule has 1 aromatic heterocycles.